The topological polar surface area (TPSA) is 29.5 Å². The summed E-state index contributed by atoms with van der Waals surface area (Å²) in [5, 5.41) is 0.748. The van der Waals surface area contributed by atoms with Crippen LogP contribution in [0, 0.1) is 6.92 Å². The van der Waals surface area contributed by atoms with E-state index in [1.54, 1.807) is 7.11 Å². The first-order chi connectivity index (χ1) is 16.1. The van der Waals surface area contributed by atoms with Crippen molar-refractivity contribution in [2.24, 2.45) is 0 Å². The molecule has 166 valence electrons. The van der Waals surface area contributed by atoms with Crippen LogP contribution in [0.2, 0.25) is 5.02 Å². The van der Waals surface area contributed by atoms with Crippen LogP contribution in [0.1, 0.15) is 32.6 Å². The largest absolute Gasteiger partial charge is 0.497 e. The summed E-state index contributed by atoms with van der Waals surface area (Å²) >= 11 is 6.43. The quantitative estimate of drug-likeness (QED) is 0.297. The van der Waals surface area contributed by atoms with Gasteiger partial charge in [-0.3, -0.25) is 4.79 Å². The number of carbonyl (C=O) groups is 1. The van der Waals surface area contributed by atoms with Gasteiger partial charge in [-0.1, -0.05) is 72.3 Å². The molecule has 0 N–H and O–H groups in total. The van der Waals surface area contributed by atoms with Crippen molar-refractivity contribution in [1.29, 1.82) is 0 Å². The van der Waals surface area contributed by atoms with Crippen LogP contribution in [-0.2, 0) is 13.0 Å². The van der Waals surface area contributed by atoms with Crippen LogP contribution in [0.25, 0.3) is 0 Å². The highest BCUT2D eigenvalue weighted by Gasteiger charge is 2.21. The van der Waals surface area contributed by atoms with E-state index in [4.69, 9.17) is 16.3 Å². The fourth-order valence-corrected chi connectivity index (χ4v) is 4.13. The Labute approximate surface area is 200 Å². The summed E-state index contributed by atoms with van der Waals surface area (Å²) in [6.07, 6.45) is 0.703. The molecule has 0 saturated heterocycles. The van der Waals surface area contributed by atoms with Crippen molar-refractivity contribution in [1.82, 2.24) is 0 Å². The van der Waals surface area contributed by atoms with Crippen LogP contribution in [0.3, 0.4) is 0 Å². The number of methoxy groups -OCH3 is 1. The monoisotopic (exact) mass is 455 g/mol. The smallest absolute Gasteiger partial charge is 0.258 e. The van der Waals surface area contributed by atoms with Crippen LogP contribution in [0.15, 0.2) is 97.1 Å². The van der Waals surface area contributed by atoms with Crippen molar-refractivity contribution in [3.63, 3.8) is 0 Å². The SMILES string of the molecule is COc1ccc(C(=O)N(Cc2ccccc2Cc2ccccc2Cl)c2ccccc2C)cc1. The van der Waals surface area contributed by atoms with Gasteiger partial charge in [0.25, 0.3) is 5.91 Å². The zero-order valence-corrected chi connectivity index (χ0v) is 19.5. The molecule has 0 heterocycles. The third-order valence-corrected chi connectivity index (χ3v) is 6.14. The summed E-state index contributed by atoms with van der Waals surface area (Å²) in [4.78, 5) is 15.5. The molecule has 1 amide bonds. The minimum absolute atomic E-state index is 0.0560. The fraction of sp³-hybridized carbons (Fsp3) is 0.138. The number of aryl methyl sites for hydroxylation is 1. The second-order valence-electron chi connectivity index (χ2n) is 7.94. The zero-order valence-electron chi connectivity index (χ0n) is 18.8. The fourth-order valence-electron chi connectivity index (χ4n) is 3.92. The second-order valence-corrected chi connectivity index (χ2v) is 8.35. The van der Waals surface area contributed by atoms with Gasteiger partial charge in [0.2, 0.25) is 0 Å². The number of hydrogen-bond acceptors (Lipinski definition) is 2. The van der Waals surface area contributed by atoms with Crippen LogP contribution in [0.4, 0.5) is 5.69 Å². The molecule has 0 radical (unpaired) electrons. The summed E-state index contributed by atoms with van der Waals surface area (Å²) in [7, 11) is 1.62. The van der Waals surface area contributed by atoms with E-state index in [0.717, 1.165) is 38.7 Å². The summed E-state index contributed by atoms with van der Waals surface area (Å²) in [6, 6.07) is 31.3. The number of para-hydroxylation sites is 1. The van der Waals surface area contributed by atoms with Gasteiger partial charge in [0, 0.05) is 16.3 Å². The standard InChI is InChI=1S/C29H26ClNO2/c1-21-9-3-8-14-28(21)31(29(32)22-15-17-26(33-2)18-16-22)20-25-12-5-4-10-23(25)19-24-11-6-7-13-27(24)30/h3-18H,19-20H2,1-2H3. The van der Waals surface area contributed by atoms with Crippen molar-refractivity contribution in [3.05, 3.63) is 130 Å². The molecule has 4 aromatic rings. The van der Waals surface area contributed by atoms with Crippen LogP contribution in [0.5, 0.6) is 5.75 Å². The maximum Gasteiger partial charge on any atom is 0.258 e. The Morgan fingerprint density at radius 2 is 1.39 bits per heavy atom. The lowest BCUT2D eigenvalue weighted by Crippen LogP contribution is -2.31. The molecule has 4 heteroatoms. The summed E-state index contributed by atoms with van der Waals surface area (Å²) in [5.41, 5.74) is 5.85. The van der Waals surface area contributed by atoms with Crippen LogP contribution >= 0.6 is 11.6 Å². The number of ether oxygens (including phenoxy) is 1. The van der Waals surface area contributed by atoms with Gasteiger partial charge in [0.15, 0.2) is 0 Å². The van der Waals surface area contributed by atoms with Gasteiger partial charge in [-0.25, -0.2) is 0 Å². The lowest BCUT2D eigenvalue weighted by molar-refractivity contribution is 0.0985. The van der Waals surface area contributed by atoms with E-state index < -0.39 is 0 Å². The van der Waals surface area contributed by atoms with E-state index in [-0.39, 0.29) is 5.91 Å². The number of halogens is 1. The van der Waals surface area contributed by atoms with Gasteiger partial charge in [-0.2, -0.15) is 0 Å². The normalized spacial score (nSPS) is 10.6. The number of rotatable bonds is 7. The van der Waals surface area contributed by atoms with E-state index >= 15 is 0 Å². The van der Waals surface area contributed by atoms with E-state index in [9.17, 15) is 4.79 Å². The Bertz CT molecular complexity index is 1250. The predicted octanol–water partition coefficient (Wildman–Crippen LogP) is 7.09. The lowest BCUT2D eigenvalue weighted by Gasteiger charge is -2.26. The van der Waals surface area contributed by atoms with E-state index in [1.165, 1.54) is 0 Å². The molecular weight excluding hydrogens is 430 g/mol. The minimum atomic E-state index is -0.0560. The maximum absolute atomic E-state index is 13.7. The molecule has 0 aliphatic rings. The third kappa shape index (κ3) is 5.27. The average Bonchev–Trinajstić information content (AvgIpc) is 2.85. The molecule has 0 spiro atoms. The van der Waals surface area contributed by atoms with E-state index in [1.807, 2.05) is 96.8 Å². The Balaban J connectivity index is 1.71. The van der Waals surface area contributed by atoms with E-state index in [2.05, 4.69) is 12.1 Å². The lowest BCUT2D eigenvalue weighted by atomic mass is 9.98. The van der Waals surface area contributed by atoms with Gasteiger partial charge in [0.1, 0.15) is 5.75 Å². The van der Waals surface area contributed by atoms with Crippen molar-refractivity contribution in [3.8, 4) is 5.75 Å². The highest BCUT2D eigenvalue weighted by Crippen LogP contribution is 2.27. The Kier molecular flexibility index (Phi) is 7.11. The Morgan fingerprint density at radius 3 is 2.06 bits per heavy atom. The molecule has 0 bridgehead atoms. The highest BCUT2D eigenvalue weighted by atomic mass is 35.5. The maximum atomic E-state index is 13.7. The highest BCUT2D eigenvalue weighted by molar-refractivity contribution is 6.31. The average molecular weight is 456 g/mol. The number of hydrogen-bond donors (Lipinski definition) is 0. The van der Waals surface area contributed by atoms with Gasteiger partial charge in [-0.15, -0.1) is 0 Å². The summed E-state index contributed by atoms with van der Waals surface area (Å²) in [6.45, 7) is 2.48. The number of anilines is 1. The Morgan fingerprint density at radius 1 is 0.788 bits per heavy atom. The van der Waals surface area contributed by atoms with Gasteiger partial charge in [-0.05, 0) is 72.0 Å². The molecule has 0 aromatic heterocycles. The van der Waals surface area contributed by atoms with Gasteiger partial charge >= 0.3 is 0 Å². The summed E-state index contributed by atoms with van der Waals surface area (Å²) < 4.78 is 5.26. The van der Waals surface area contributed by atoms with E-state index in [0.29, 0.717) is 18.5 Å². The molecule has 33 heavy (non-hydrogen) atoms. The molecule has 0 saturated carbocycles. The molecule has 0 atom stereocenters. The number of carbonyl (C=O) groups excluding carboxylic acids is 1. The molecule has 0 aliphatic heterocycles. The molecule has 4 rings (SSSR count). The first-order valence-corrected chi connectivity index (χ1v) is 11.3. The first kappa shape index (κ1) is 22.6. The Hall–Kier alpha value is -3.56. The van der Waals surface area contributed by atoms with Crippen molar-refractivity contribution >= 4 is 23.2 Å². The van der Waals surface area contributed by atoms with Crippen molar-refractivity contribution in [2.45, 2.75) is 19.9 Å². The zero-order chi connectivity index (χ0) is 23.2. The van der Waals surface area contributed by atoms with Crippen LogP contribution < -0.4 is 9.64 Å². The van der Waals surface area contributed by atoms with Crippen LogP contribution in [-0.4, -0.2) is 13.0 Å². The van der Waals surface area contributed by atoms with Crippen molar-refractivity contribution in [2.75, 3.05) is 12.0 Å². The molecule has 0 unspecified atom stereocenters. The first-order valence-electron chi connectivity index (χ1n) is 10.9. The second kappa shape index (κ2) is 10.4. The summed E-state index contributed by atoms with van der Waals surface area (Å²) in [5.74, 6) is 0.665. The molecule has 3 nitrogen and oxygen atoms in total. The number of amides is 1. The third-order valence-electron chi connectivity index (χ3n) is 5.77. The minimum Gasteiger partial charge on any atom is -0.497 e. The molecule has 0 fully saturated rings. The molecule has 0 aliphatic carbocycles. The number of nitrogens with zero attached hydrogens (tertiary/aromatic N) is 1. The predicted molar refractivity (Wildman–Crippen MR) is 135 cm³/mol. The molecule has 4 aromatic carbocycles. The number of benzene rings is 4. The van der Waals surface area contributed by atoms with Crippen molar-refractivity contribution < 1.29 is 9.53 Å². The molecular formula is C29H26ClNO2. The van der Waals surface area contributed by atoms with Gasteiger partial charge in [0.05, 0.1) is 13.7 Å². The van der Waals surface area contributed by atoms with Gasteiger partial charge < -0.3 is 9.64 Å².